The summed E-state index contributed by atoms with van der Waals surface area (Å²) in [5.41, 5.74) is 3.48. The number of anilines is 2. The van der Waals surface area contributed by atoms with Crippen LogP contribution in [-0.2, 0) is 17.8 Å². The zero-order valence-electron chi connectivity index (χ0n) is 30.0. The summed E-state index contributed by atoms with van der Waals surface area (Å²) < 4.78 is 7.40. The summed E-state index contributed by atoms with van der Waals surface area (Å²) >= 11 is 8.92. The predicted molar refractivity (Wildman–Crippen MR) is 219 cm³/mol. The normalized spacial score (nSPS) is 19.3. The van der Waals surface area contributed by atoms with Crippen LogP contribution >= 0.6 is 34.2 Å². The van der Waals surface area contributed by atoms with Crippen molar-refractivity contribution in [2.75, 3.05) is 62.2 Å². The van der Waals surface area contributed by atoms with Gasteiger partial charge in [0.1, 0.15) is 24.6 Å². The molecule has 3 aliphatic rings. The molecule has 1 amide bonds. The second-order valence-corrected chi connectivity index (χ2v) is 15.7. The third-order valence-corrected chi connectivity index (χ3v) is 11.7. The van der Waals surface area contributed by atoms with Crippen molar-refractivity contribution >= 4 is 68.2 Å². The van der Waals surface area contributed by atoms with Crippen molar-refractivity contribution in [2.24, 2.45) is 0 Å². The van der Waals surface area contributed by atoms with Crippen molar-refractivity contribution in [1.82, 2.24) is 19.8 Å². The summed E-state index contributed by atoms with van der Waals surface area (Å²) in [6.45, 7) is 16.0. The molecule has 2 fully saturated rings. The standard InChI is InChI=1S/C41H43ClIN7O4/c1-3-37(52)50-21-20-49(24-31(50)23-44-2)40-32-15-18-48(35-14-6-9-27-8-5-13-33(42)38(27)35)25-34(32)45-41(46-40)54-26-30-12-7-17-47(30)19-16-36(51)39(53)28-10-4-11-29(43)22-28/h3-6,8-11,13-14,22,30-31,36,51H,1,7,12,15-21,23-26H2/t30-,31-,36?/m0/s1/i43+4. The van der Waals surface area contributed by atoms with Gasteiger partial charge in [0.05, 0.1) is 17.3 Å². The first-order valence-corrected chi connectivity index (χ1v) is 19.9. The fourth-order valence-electron chi connectivity index (χ4n) is 7.98. The van der Waals surface area contributed by atoms with E-state index in [1.807, 2.05) is 24.3 Å². The Balaban J connectivity index is 1.12. The molecule has 3 aromatic carbocycles. The number of Topliss-reactive ketones (excluding diaryl/α,β-unsaturated/α-hetero) is 1. The smallest absolute Gasteiger partial charge is 0.318 e. The van der Waals surface area contributed by atoms with E-state index < -0.39 is 6.10 Å². The van der Waals surface area contributed by atoms with Crippen LogP contribution in [0.25, 0.3) is 15.6 Å². The predicted octanol–water partition coefficient (Wildman–Crippen LogP) is 6.05. The van der Waals surface area contributed by atoms with E-state index in [1.165, 1.54) is 6.08 Å². The average Bonchev–Trinajstić information content (AvgIpc) is 3.65. The number of nitrogens with zero attached hydrogens (tertiary/aromatic N) is 7. The highest BCUT2D eigenvalue weighted by molar-refractivity contribution is 14.1. The van der Waals surface area contributed by atoms with Crippen molar-refractivity contribution in [3.05, 3.63) is 110 Å². The molecule has 3 aliphatic heterocycles. The summed E-state index contributed by atoms with van der Waals surface area (Å²) in [4.78, 5) is 47.8. The SMILES string of the molecule is [C-]#[N+]C[C@H]1CN(c2nc(OC[C@@H]3CCCN3CCC(O)C(=O)c3cccc([131I])c3)nc3c2CCN(c2cccc4cccc(Cl)c24)C3)CCN1C(=O)C=C. The Morgan fingerprint density at radius 2 is 1.89 bits per heavy atom. The lowest BCUT2D eigenvalue weighted by atomic mass is 10.0. The molecule has 3 atom stereocenters. The van der Waals surface area contributed by atoms with E-state index in [0.717, 1.165) is 63.0 Å². The minimum absolute atomic E-state index is 0.0823. The number of carbonyl (C=O) groups is 2. The van der Waals surface area contributed by atoms with Crippen LogP contribution in [0.5, 0.6) is 6.01 Å². The molecule has 1 unspecified atom stereocenters. The Labute approximate surface area is 334 Å². The molecule has 0 saturated carbocycles. The zero-order valence-corrected chi connectivity index (χ0v) is 33.0. The van der Waals surface area contributed by atoms with Crippen LogP contribution in [0.2, 0.25) is 5.02 Å². The van der Waals surface area contributed by atoms with Gasteiger partial charge in [0.2, 0.25) is 12.5 Å². The fourth-order valence-corrected chi connectivity index (χ4v) is 8.80. The third kappa shape index (κ3) is 8.19. The van der Waals surface area contributed by atoms with Crippen LogP contribution in [0.3, 0.4) is 0 Å². The maximum Gasteiger partial charge on any atom is 0.318 e. The first kappa shape index (κ1) is 38.0. The Bertz CT molecular complexity index is 2090. The molecule has 0 bridgehead atoms. The second kappa shape index (κ2) is 17.0. The average molecular weight is 864 g/mol. The summed E-state index contributed by atoms with van der Waals surface area (Å²) in [5.74, 6) is 0.352. The van der Waals surface area contributed by atoms with E-state index in [4.69, 9.17) is 32.9 Å². The summed E-state index contributed by atoms with van der Waals surface area (Å²) in [6, 6.07) is 19.5. The van der Waals surface area contributed by atoms with Gasteiger partial charge in [-0.3, -0.25) is 14.5 Å². The van der Waals surface area contributed by atoms with E-state index in [1.54, 1.807) is 17.0 Å². The van der Waals surface area contributed by atoms with Gasteiger partial charge in [-0.2, -0.15) is 9.97 Å². The molecule has 4 aromatic rings. The maximum absolute atomic E-state index is 12.9. The van der Waals surface area contributed by atoms with E-state index >= 15 is 0 Å². The lowest BCUT2D eigenvalue weighted by molar-refractivity contribution is -0.128. The number of piperazine rings is 1. The molecule has 0 radical (unpaired) electrons. The Morgan fingerprint density at radius 3 is 2.69 bits per heavy atom. The number of hydrogen-bond donors (Lipinski definition) is 1. The van der Waals surface area contributed by atoms with Gasteiger partial charge in [0.15, 0.2) is 5.78 Å². The number of halogens is 2. The molecule has 11 nitrogen and oxygen atoms in total. The number of aromatic nitrogens is 2. The van der Waals surface area contributed by atoms with Crippen LogP contribution in [0.4, 0.5) is 11.5 Å². The van der Waals surface area contributed by atoms with Crippen molar-refractivity contribution in [2.45, 2.75) is 50.4 Å². The molecule has 1 aromatic heterocycles. The van der Waals surface area contributed by atoms with Gasteiger partial charge in [0, 0.05) is 64.5 Å². The topological polar surface area (TPSA) is 107 Å². The van der Waals surface area contributed by atoms with E-state index in [-0.39, 0.29) is 36.3 Å². The van der Waals surface area contributed by atoms with Crippen molar-refractivity contribution in [3.8, 4) is 6.01 Å². The molecule has 0 spiro atoms. The number of carbonyl (C=O) groups excluding carboxylic acids is 2. The highest BCUT2D eigenvalue weighted by Crippen LogP contribution is 2.37. The Hall–Kier alpha value is -4.29. The number of ketones is 1. The monoisotopic (exact) mass is 863 g/mol. The quantitative estimate of drug-likeness (QED) is 0.0790. The van der Waals surface area contributed by atoms with Crippen LogP contribution in [0.15, 0.2) is 73.3 Å². The number of fused-ring (bicyclic) bond motifs is 2. The van der Waals surface area contributed by atoms with Crippen molar-refractivity contribution in [3.63, 3.8) is 0 Å². The lowest BCUT2D eigenvalue weighted by Gasteiger charge is -2.41. The molecular formula is C41H43ClIN7O4. The lowest BCUT2D eigenvalue weighted by Crippen LogP contribution is -2.56. The maximum atomic E-state index is 12.9. The summed E-state index contributed by atoms with van der Waals surface area (Å²) in [6.07, 6.45) is 3.18. The molecule has 1 N–H and O–H groups in total. The van der Waals surface area contributed by atoms with Gasteiger partial charge in [-0.25, -0.2) is 6.57 Å². The second-order valence-electron chi connectivity index (χ2n) is 14.0. The number of likely N-dealkylation sites (tertiary alicyclic amines) is 1. The molecular weight excluding hydrogens is 821 g/mol. The minimum Gasteiger partial charge on any atom is -0.462 e. The molecule has 2 saturated heterocycles. The number of ether oxygens (including phenoxy) is 1. The van der Waals surface area contributed by atoms with Crippen molar-refractivity contribution in [1.29, 1.82) is 0 Å². The molecule has 280 valence electrons. The molecule has 13 heteroatoms. The number of benzene rings is 3. The first-order chi connectivity index (χ1) is 26.2. The summed E-state index contributed by atoms with van der Waals surface area (Å²) in [7, 11) is 0. The van der Waals surface area contributed by atoms with Crippen LogP contribution in [0, 0.1) is 10.1 Å². The van der Waals surface area contributed by atoms with Gasteiger partial charge >= 0.3 is 6.01 Å². The van der Waals surface area contributed by atoms with Gasteiger partial charge in [0.25, 0.3) is 0 Å². The van der Waals surface area contributed by atoms with Gasteiger partial charge in [-0.1, -0.05) is 54.6 Å². The Kier molecular flexibility index (Phi) is 12.0. The molecule has 4 heterocycles. The fraction of sp³-hybridized carbons (Fsp3) is 0.390. The molecule has 0 aliphatic carbocycles. The first-order valence-electron chi connectivity index (χ1n) is 18.4. The van der Waals surface area contributed by atoms with Gasteiger partial charge in [-0.05, 0) is 90.5 Å². The number of aliphatic hydroxyl groups excluding tert-OH is 1. The highest BCUT2D eigenvalue weighted by atomic mass is 131. The van der Waals surface area contributed by atoms with E-state index in [9.17, 15) is 14.7 Å². The highest BCUT2D eigenvalue weighted by Gasteiger charge is 2.35. The Morgan fingerprint density at radius 1 is 1.07 bits per heavy atom. The number of amides is 1. The van der Waals surface area contributed by atoms with Crippen LogP contribution in [0.1, 0.15) is 40.9 Å². The number of aliphatic hydroxyl groups is 1. The van der Waals surface area contributed by atoms with Gasteiger partial charge < -0.3 is 29.4 Å². The minimum atomic E-state index is -1.08. The van der Waals surface area contributed by atoms with Gasteiger partial charge in [-0.15, -0.1) is 0 Å². The van der Waals surface area contributed by atoms with Crippen LogP contribution < -0.4 is 14.5 Å². The third-order valence-electron chi connectivity index (χ3n) is 10.7. The summed E-state index contributed by atoms with van der Waals surface area (Å²) in [5, 5.41) is 13.6. The largest absolute Gasteiger partial charge is 0.462 e. The van der Waals surface area contributed by atoms with Crippen molar-refractivity contribution < 1.29 is 19.4 Å². The number of hydrogen-bond acceptors (Lipinski definition) is 9. The van der Waals surface area contributed by atoms with E-state index in [0.29, 0.717) is 62.8 Å². The van der Waals surface area contributed by atoms with E-state index in [2.05, 4.69) is 73.0 Å². The zero-order chi connectivity index (χ0) is 37.8. The number of rotatable bonds is 12. The molecule has 7 rings (SSSR count). The molecule has 54 heavy (non-hydrogen) atoms. The van der Waals surface area contributed by atoms with Crippen LogP contribution in [-0.4, -0.2) is 107 Å².